The Morgan fingerprint density at radius 3 is 1.64 bits per heavy atom. The van der Waals surface area contributed by atoms with Crippen molar-refractivity contribution < 1.29 is 44.7 Å². The number of nitrogens with two attached hydrogens (primary N) is 1. The van der Waals surface area contributed by atoms with Crippen LogP contribution >= 0.6 is 33.9 Å². The summed E-state index contributed by atoms with van der Waals surface area (Å²) in [7, 11) is -2.64. The second-order valence-electron chi connectivity index (χ2n) is 13.0. The molecule has 0 saturated heterocycles. The van der Waals surface area contributed by atoms with Crippen LogP contribution in [-0.4, -0.2) is 55.6 Å². The van der Waals surface area contributed by atoms with E-state index in [-0.39, 0.29) is 60.9 Å². The molecule has 320 valence electrons. The Hall–Kier alpha value is -5.72. The number of sulfonamides is 1. The molecule has 6 aromatic rings. The van der Waals surface area contributed by atoms with Crippen LogP contribution in [0.5, 0.6) is 11.6 Å². The molecule has 0 saturated carbocycles. The van der Waals surface area contributed by atoms with Gasteiger partial charge in [-0.05, 0) is 94.4 Å². The Labute approximate surface area is 365 Å². The smallest absolute Gasteiger partial charge is 0.262 e. The number of carbonyl (C=O) groups is 2. The van der Waals surface area contributed by atoms with Gasteiger partial charge in [0.25, 0.3) is 19.1 Å². The molecule has 61 heavy (non-hydrogen) atoms. The van der Waals surface area contributed by atoms with Gasteiger partial charge in [-0.2, -0.15) is 0 Å². The number of carbonyl (C=O) groups excluding carboxylic acids is 2. The Bertz CT molecular complexity index is 2730. The molecule has 3 N–H and O–H groups in total. The topological polar surface area (TPSA) is 198 Å². The molecule has 0 aliphatic heterocycles. The van der Waals surface area contributed by atoms with Crippen molar-refractivity contribution in [1.82, 2.24) is 15.0 Å². The number of pyridine rings is 3. The van der Waals surface area contributed by atoms with Crippen LogP contribution in [-0.2, 0) is 19.1 Å². The third kappa shape index (κ3) is 14.5. The minimum absolute atomic E-state index is 0.000888. The van der Waals surface area contributed by atoms with Crippen molar-refractivity contribution in [3.63, 3.8) is 0 Å². The number of rotatable bonds is 12. The molecule has 0 bridgehead atoms. The molecule has 3 aromatic heterocycles. The van der Waals surface area contributed by atoms with Crippen LogP contribution < -0.4 is 19.9 Å². The van der Waals surface area contributed by atoms with Gasteiger partial charge in [0, 0.05) is 40.3 Å². The van der Waals surface area contributed by atoms with Crippen molar-refractivity contribution in [2.45, 2.75) is 49.7 Å². The summed E-state index contributed by atoms with van der Waals surface area (Å²) >= 11 is 11.6. The number of hydrogen-bond donors (Lipinski definition) is 2. The predicted octanol–water partition coefficient (Wildman–Crippen LogP) is 9.18. The highest BCUT2D eigenvalue weighted by molar-refractivity contribution is 8.13. The molecule has 0 fully saturated rings. The third-order valence-electron chi connectivity index (χ3n) is 7.44. The molecule has 3 aromatic carbocycles. The van der Waals surface area contributed by atoms with Crippen molar-refractivity contribution in [2.24, 2.45) is 0 Å². The van der Waals surface area contributed by atoms with Crippen LogP contribution in [0.15, 0.2) is 125 Å². The summed E-state index contributed by atoms with van der Waals surface area (Å²) in [5.74, 6) is -1.26. The van der Waals surface area contributed by atoms with E-state index in [2.05, 4.69) is 19.7 Å². The zero-order chi connectivity index (χ0) is 45.1. The van der Waals surface area contributed by atoms with E-state index in [9.17, 15) is 35.2 Å². The lowest BCUT2D eigenvalue weighted by Crippen LogP contribution is -2.17. The molecule has 0 unspecified atom stereocenters. The van der Waals surface area contributed by atoms with E-state index in [1.807, 2.05) is 27.7 Å². The first-order valence-electron chi connectivity index (χ1n) is 17.7. The van der Waals surface area contributed by atoms with Crippen LogP contribution in [0.3, 0.4) is 0 Å². The van der Waals surface area contributed by atoms with Gasteiger partial charge in [0.15, 0.2) is 0 Å². The van der Waals surface area contributed by atoms with Gasteiger partial charge in [-0.25, -0.2) is 40.6 Å². The minimum atomic E-state index is -4.05. The van der Waals surface area contributed by atoms with Gasteiger partial charge in [-0.15, -0.1) is 0 Å². The minimum Gasteiger partial charge on any atom is -0.491 e. The summed E-state index contributed by atoms with van der Waals surface area (Å²) < 4.78 is 86.9. The van der Waals surface area contributed by atoms with Gasteiger partial charge < -0.3 is 15.2 Å². The zero-order valence-electron chi connectivity index (χ0n) is 32.5. The lowest BCUT2D eigenvalue weighted by atomic mass is 10.1. The fourth-order valence-electron chi connectivity index (χ4n) is 4.87. The standard InChI is InChI=1S/C21H18ClFN2O4S.C12H8ClFN2O.C8H10ClNO3S/c1-13(2)29-17-6-8-18(9-7-17)30(27,28)25-19-11-15(22)12-24-20(19)21(26)14-4-3-5-16(23)10-14;13-8-5-10(15)11(16-6-8)12(17)7-2-1-3-9(14)4-7;1-6(2)13-8-4-3-7(5-10-8)14(9,11)12/h3-13,25H,1-2H3;1-6H,15H2;3-6H,1-2H3. The van der Waals surface area contributed by atoms with Crippen LogP contribution in [0.2, 0.25) is 10.0 Å². The Kier molecular flexibility index (Phi) is 16.7. The summed E-state index contributed by atoms with van der Waals surface area (Å²) in [5, 5.41) is 0.475. The van der Waals surface area contributed by atoms with Crippen molar-refractivity contribution in [3.8, 4) is 11.6 Å². The van der Waals surface area contributed by atoms with E-state index in [1.54, 1.807) is 0 Å². The van der Waals surface area contributed by atoms with Gasteiger partial charge in [-0.3, -0.25) is 14.3 Å². The zero-order valence-corrected chi connectivity index (χ0v) is 36.4. The molecular weight excluding hydrogens is 899 g/mol. The van der Waals surface area contributed by atoms with Crippen molar-refractivity contribution >= 4 is 75.9 Å². The van der Waals surface area contributed by atoms with Gasteiger partial charge in [0.1, 0.15) is 33.7 Å². The molecule has 0 atom stereocenters. The average molecular weight is 935 g/mol. The maximum atomic E-state index is 13.5. The number of aromatic nitrogens is 3. The number of benzene rings is 3. The van der Waals surface area contributed by atoms with E-state index >= 15 is 0 Å². The van der Waals surface area contributed by atoms with Crippen LogP contribution in [0.25, 0.3) is 0 Å². The number of ketones is 2. The van der Waals surface area contributed by atoms with Crippen LogP contribution in [0.4, 0.5) is 20.2 Å². The predicted molar refractivity (Wildman–Crippen MR) is 229 cm³/mol. The lowest BCUT2D eigenvalue weighted by Gasteiger charge is -2.13. The van der Waals surface area contributed by atoms with Crippen molar-refractivity contribution in [1.29, 1.82) is 0 Å². The van der Waals surface area contributed by atoms with E-state index in [0.29, 0.717) is 16.7 Å². The van der Waals surface area contributed by atoms with Gasteiger partial charge >= 0.3 is 0 Å². The summed E-state index contributed by atoms with van der Waals surface area (Å²) in [4.78, 5) is 36.3. The SMILES string of the molecule is CC(C)Oc1ccc(S(=O)(=O)Cl)cn1.CC(C)Oc1ccc(S(=O)(=O)Nc2cc(Cl)cnc2C(=O)c2cccc(F)c2)cc1.Nc1cc(Cl)cnc1C(=O)c1cccc(F)c1. The van der Waals surface area contributed by atoms with Gasteiger partial charge in [0.05, 0.1) is 44.7 Å². The first-order chi connectivity index (χ1) is 28.6. The van der Waals surface area contributed by atoms with Gasteiger partial charge in [-0.1, -0.05) is 47.5 Å². The second-order valence-corrected chi connectivity index (χ2v) is 18.1. The third-order valence-corrected chi connectivity index (χ3v) is 10.6. The molecule has 13 nitrogen and oxygen atoms in total. The van der Waals surface area contributed by atoms with E-state index < -0.39 is 42.3 Å². The van der Waals surface area contributed by atoms with Gasteiger partial charge in [0.2, 0.25) is 17.4 Å². The molecule has 20 heteroatoms. The number of hydrogen-bond acceptors (Lipinski definition) is 12. The molecule has 3 heterocycles. The Balaban J connectivity index is 0.000000223. The average Bonchev–Trinajstić information content (AvgIpc) is 3.17. The molecular formula is C41H36Cl3F2N5O8S2. The molecule has 0 amide bonds. The summed E-state index contributed by atoms with van der Waals surface area (Å²) in [5.41, 5.74) is 5.79. The quantitative estimate of drug-likeness (QED) is 0.0873. The largest absolute Gasteiger partial charge is 0.491 e. The van der Waals surface area contributed by atoms with Crippen LogP contribution in [0.1, 0.15) is 59.8 Å². The molecule has 0 radical (unpaired) electrons. The maximum Gasteiger partial charge on any atom is 0.262 e. The number of ether oxygens (including phenoxy) is 2. The molecule has 0 aliphatic rings. The lowest BCUT2D eigenvalue weighted by molar-refractivity contribution is 0.102. The van der Waals surface area contributed by atoms with E-state index in [1.165, 1.54) is 104 Å². The number of nitrogens with one attached hydrogen (secondary N) is 1. The highest BCUT2D eigenvalue weighted by Crippen LogP contribution is 2.26. The van der Waals surface area contributed by atoms with Crippen LogP contribution in [0, 0.1) is 11.6 Å². The monoisotopic (exact) mass is 933 g/mol. The molecule has 0 aliphatic carbocycles. The maximum absolute atomic E-state index is 13.5. The number of nitrogen functional groups attached to an aromatic ring is 1. The fraction of sp³-hybridized carbons (Fsp3) is 0.146. The normalized spacial score (nSPS) is 11.1. The number of anilines is 2. The number of nitrogens with zero attached hydrogens (tertiary/aromatic N) is 3. The highest BCUT2D eigenvalue weighted by atomic mass is 35.7. The first kappa shape index (κ1) is 48.0. The Morgan fingerprint density at radius 1 is 0.656 bits per heavy atom. The molecule has 0 spiro atoms. The summed E-state index contributed by atoms with van der Waals surface area (Å²) in [6.45, 7) is 7.42. The summed E-state index contributed by atoms with van der Waals surface area (Å²) in [6.07, 6.45) is 3.65. The number of halogens is 5. The second kappa shape index (κ2) is 21.2. The Morgan fingerprint density at radius 2 is 1.16 bits per heavy atom. The van der Waals surface area contributed by atoms with E-state index in [4.69, 9.17) is 49.1 Å². The summed E-state index contributed by atoms with van der Waals surface area (Å²) in [6, 6.07) is 21.7. The van der Waals surface area contributed by atoms with Crippen molar-refractivity contribution in [3.05, 3.63) is 160 Å². The highest BCUT2D eigenvalue weighted by Gasteiger charge is 2.22. The van der Waals surface area contributed by atoms with E-state index in [0.717, 1.165) is 12.1 Å². The fourth-order valence-corrected chi connectivity index (χ4v) is 6.94. The first-order valence-corrected chi connectivity index (χ1v) is 22.2. The van der Waals surface area contributed by atoms with Crippen molar-refractivity contribution in [2.75, 3.05) is 10.5 Å². The molecule has 6 rings (SSSR count).